The van der Waals surface area contributed by atoms with Gasteiger partial charge in [-0.2, -0.15) is 0 Å². The van der Waals surface area contributed by atoms with Gasteiger partial charge >= 0.3 is 0 Å². The Morgan fingerprint density at radius 1 is 1.16 bits per heavy atom. The van der Waals surface area contributed by atoms with Crippen molar-refractivity contribution in [3.05, 3.63) is 48.4 Å². The van der Waals surface area contributed by atoms with Crippen LogP contribution in [-0.2, 0) is 9.59 Å². The number of amides is 2. The van der Waals surface area contributed by atoms with Crippen LogP contribution in [-0.4, -0.2) is 71.0 Å². The van der Waals surface area contributed by atoms with Crippen LogP contribution < -0.4 is 9.47 Å². The Morgan fingerprint density at radius 3 is 2.75 bits per heavy atom. The Labute approximate surface area is 188 Å². The van der Waals surface area contributed by atoms with Gasteiger partial charge in [-0.1, -0.05) is 12.1 Å². The second-order valence-electron chi connectivity index (χ2n) is 8.65. The number of hydrogen-bond acceptors (Lipinski definition) is 6. The van der Waals surface area contributed by atoms with E-state index in [0.717, 1.165) is 30.7 Å². The first-order chi connectivity index (χ1) is 15.6. The van der Waals surface area contributed by atoms with Gasteiger partial charge in [-0.05, 0) is 43.4 Å². The SMILES string of the molecule is Cc1cccc(OCC(=O)N2CCC(CN3CC(COc4cnccn4)CC3=O)CC2)c1. The zero-order chi connectivity index (χ0) is 22.3. The molecule has 2 aromatic rings. The van der Waals surface area contributed by atoms with Crippen LogP contribution >= 0.6 is 0 Å². The number of aryl methyl sites for hydroxylation is 1. The van der Waals surface area contributed by atoms with E-state index in [1.807, 2.05) is 41.0 Å². The van der Waals surface area contributed by atoms with Gasteiger partial charge in [-0.3, -0.25) is 14.6 Å². The first-order valence-corrected chi connectivity index (χ1v) is 11.2. The van der Waals surface area contributed by atoms with Gasteiger partial charge in [0, 0.05) is 50.9 Å². The maximum Gasteiger partial charge on any atom is 0.260 e. The monoisotopic (exact) mass is 438 g/mol. The number of rotatable bonds is 8. The van der Waals surface area contributed by atoms with Crippen molar-refractivity contribution in [3.63, 3.8) is 0 Å². The number of likely N-dealkylation sites (tertiary alicyclic amines) is 2. The molecule has 2 fully saturated rings. The van der Waals surface area contributed by atoms with Crippen LogP contribution in [0.2, 0.25) is 0 Å². The molecule has 8 heteroatoms. The minimum absolute atomic E-state index is 0.0171. The van der Waals surface area contributed by atoms with E-state index >= 15 is 0 Å². The number of aromatic nitrogens is 2. The molecule has 1 atom stereocenters. The molecule has 0 spiro atoms. The number of nitrogens with zero attached hydrogens (tertiary/aromatic N) is 4. The van der Waals surface area contributed by atoms with Crippen molar-refractivity contribution in [1.82, 2.24) is 19.8 Å². The minimum atomic E-state index is 0.0171. The molecule has 2 amide bonds. The quantitative estimate of drug-likeness (QED) is 0.629. The standard InChI is InChI=1S/C24H30N4O4/c1-18-3-2-4-21(11-18)31-17-24(30)27-9-5-19(6-10-27)14-28-15-20(12-23(28)29)16-32-22-13-25-7-8-26-22/h2-4,7-8,11,13,19-20H,5-6,9-10,12,14-17H2,1H3. The molecular formula is C24H30N4O4. The molecule has 0 saturated carbocycles. The summed E-state index contributed by atoms with van der Waals surface area (Å²) in [6.07, 6.45) is 7.09. The Balaban J connectivity index is 1.17. The molecule has 8 nitrogen and oxygen atoms in total. The van der Waals surface area contributed by atoms with E-state index < -0.39 is 0 Å². The lowest BCUT2D eigenvalue weighted by atomic mass is 9.96. The molecule has 0 aliphatic carbocycles. The normalized spacial score (nSPS) is 19.3. The largest absolute Gasteiger partial charge is 0.484 e. The summed E-state index contributed by atoms with van der Waals surface area (Å²) < 4.78 is 11.3. The van der Waals surface area contributed by atoms with Gasteiger partial charge in [0.25, 0.3) is 5.91 Å². The van der Waals surface area contributed by atoms with Gasteiger partial charge in [-0.15, -0.1) is 0 Å². The highest BCUT2D eigenvalue weighted by Gasteiger charge is 2.33. The van der Waals surface area contributed by atoms with Crippen molar-refractivity contribution in [2.45, 2.75) is 26.2 Å². The van der Waals surface area contributed by atoms with Crippen LogP contribution in [0.1, 0.15) is 24.8 Å². The van der Waals surface area contributed by atoms with Crippen LogP contribution in [0.5, 0.6) is 11.6 Å². The lowest BCUT2D eigenvalue weighted by molar-refractivity contribution is -0.135. The lowest BCUT2D eigenvalue weighted by Crippen LogP contribution is -2.43. The molecule has 2 aliphatic rings. The molecule has 0 radical (unpaired) electrons. The third-order valence-electron chi connectivity index (χ3n) is 6.10. The lowest BCUT2D eigenvalue weighted by Gasteiger charge is -2.34. The molecule has 2 saturated heterocycles. The number of ether oxygens (including phenoxy) is 2. The number of hydrogen-bond donors (Lipinski definition) is 0. The van der Waals surface area contributed by atoms with Crippen LogP contribution in [0.25, 0.3) is 0 Å². The predicted molar refractivity (Wildman–Crippen MR) is 118 cm³/mol. The van der Waals surface area contributed by atoms with Crippen molar-refractivity contribution in [2.75, 3.05) is 39.4 Å². The van der Waals surface area contributed by atoms with Gasteiger partial charge in [-0.25, -0.2) is 4.98 Å². The molecule has 4 rings (SSSR count). The molecule has 1 unspecified atom stereocenters. The highest BCUT2D eigenvalue weighted by molar-refractivity contribution is 5.79. The van der Waals surface area contributed by atoms with Gasteiger partial charge < -0.3 is 19.3 Å². The summed E-state index contributed by atoms with van der Waals surface area (Å²) in [6, 6.07) is 7.72. The van der Waals surface area contributed by atoms with E-state index in [9.17, 15) is 9.59 Å². The fourth-order valence-corrected chi connectivity index (χ4v) is 4.32. The molecule has 32 heavy (non-hydrogen) atoms. The Bertz CT molecular complexity index is 915. The second kappa shape index (κ2) is 10.4. The number of piperidine rings is 1. The maximum atomic E-state index is 12.5. The van der Waals surface area contributed by atoms with Crippen LogP contribution in [0.4, 0.5) is 0 Å². The van der Waals surface area contributed by atoms with Crippen molar-refractivity contribution in [1.29, 1.82) is 0 Å². The highest BCUT2D eigenvalue weighted by atomic mass is 16.5. The van der Waals surface area contributed by atoms with Gasteiger partial charge in [0.2, 0.25) is 11.8 Å². The van der Waals surface area contributed by atoms with Crippen LogP contribution in [0, 0.1) is 18.8 Å². The van der Waals surface area contributed by atoms with Gasteiger partial charge in [0.1, 0.15) is 5.75 Å². The fourth-order valence-electron chi connectivity index (χ4n) is 4.32. The molecule has 2 aliphatic heterocycles. The zero-order valence-corrected chi connectivity index (χ0v) is 18.5. The molecule has 0 N–H and O–H groups in total. The number of carbonyl (C=O) groups is 2. The van der Waals surface area contributed by atoms with E-state index in [1.54, 1.807) is 18.6 Å². The summed E-state index contributed by atoms with van der Waals surface area (Å²) in [5.74, 6) is 2.00. The second-order valence-corrected chi connectivity index (χ2v) is 8.65. The van der Waals surface area contributed by atoms with Gasteiger partial charge in [0.15, 0.2) is 6.61 Å². The smallest absolute Gasteiger partial charge is 0.260 e. The summed E-state index contributed by atoms with van der Waals surface area (Å²) in [7, 11) is 0. The van der Waals surface area contributed by atoms with Crippen molar-refractivity contribution in [2.24, 2.45) is 11.8 Å². The minimum Gasteiger partial charge on any atom is -0.484 e. The predicted octanol–water partition coefficient (Wildman–Crippen LogP) is 2.33. The van der Waals surface area contributed by atoms with Gasteiger partial charge in [0.05, 0.1) is 12.8 Å². The number of benzene rings is 1. The third kappa shape index (κ3) is 5.96. The van der Waals surface area contributed by atoms with Crippen molar-refractivity contribution < 1.29 is 19.1 Å². The third-order valence-corrected chi connectivity index (χ3v) is 6.10. The summed E-state index contributed by atoms with van der Waals surface area (Å²) >= 11 is 0. The molecule has 1 aromatic heterocycles. The molecule has 1 aromatic carbocycles. The van der Waals surface area contributed by atoms with E-state index in [2.05, 4.69) is 9.97 Å². The summed E-state index contributed by atoms with van der Waals surface area (Å²) in [4.78, 5) is 36.9. The maximum absolute atomic E-state index is 12.5. The molecule has 0 bridgehead atoms. The molecule has 170 valence electrons. The average molecular weight is 439 g/mol. The van der Waals surface area contributed by atoms with E-state index in [4.69, 9.17) is 9.47 Å². The van der Waals surface area contributed by atoms with E-state index in [-0.39, 0.29) is 24.3 Å². The molecular weight excluding hydrogens is 408 g/mol. The Morgan fingerprint density at radius 2 is 2.00 bits per heavy atom. The first-order valence-electron chi connectivity index (χ1n) is 11.2. The Hall–Kier alpha value is -3.16. The summed E-state index contributed by atoms with van der Waals surface area (Å²) in [5, 5.41) is 0. The van der Waals surface area contributed by atoms with E-state index in [0.29, 0.717) is 44.5 Å². The average Bonchev–Trinajstić information content (AvgIpc) is 3.16. The molecule has 3 heterocycles. The zero-order valence-electron chi connectivity index (χ0n) is 18.5. The summed E-state index contributed by atoms with van der Waals surface area (Å²) in [6.45, 7) is 5.41. The van der Waals surface area contributed by atoms with Crippen molar-refractivity contribution >= 4 is 11.8 Å². The highest BCUT2D eigenvalue weighted by Crippen LogP contribution is 2.24. The van der Waals surface area contributed by atoms with E-state index in [1.165, 1.54) is 0 Å². The van der Waals surface area contributed by atoms with Crippen molar-refractivity contribution in [3.8, 4) is 11.6 Å². The summed E-state index contributed by atoms with van der Waals surface area (Å²) in [5.41, 5.74) is 1.11. The number of carbonyl (C=O) groups excluding carboxylic acids is 2. The Kier molecular flexibility index (Phi) is 7.19. The first kappa shape index (κ1) is 22.0. The topological polar surface area (TPSA) is 84.9 Å². The fraction of sp³-hybridized carbons (Fsp3) is 0.500. The van der Waals surface area contributed by atoms with Crippen LogP contribution in [0.15, 0.2) is 42.9 Å². The van der Waals surface area contributed by atoms with Crippen LogP contribution in [0.3, 0.4) is 0 Å².